The van der Waals surface area contributed by atoms with Crippen LogP contribution in [0.4, 0.5) is 4.39 Å². The van der Waals surface area contributed by atoms with E-state index >= 15 is 0 Å². The van der Waals surface area contributed by atoms with E-state index in [9.17, 15) is 12.8 Å². The van der Waals surface area contributed by atoms with E-state index in [0.29, 0.717) is 30.7 Å². The van der Waals surface area contributed by atoms with Gasteiger partial charge in [-0.25, -0.2) is 22.8 Å². The number of benzene rings is 2. The molecule has 33 heavy (non-hydrogen) atoms. The van der Waals surface area contributed by atoms with Gasteiger partial charge in [-0.2, -0.15) is 9.49 Å². The van der Waals surface area contributed by atoms with Gasteiger partial charge in [0, 0.05) is 5.39 Å². The van der Waals surface area contributed by atoms with Crippen molar-refractivity contribution in [3.05, 3.63) is 84.6 Å². The van der Waals surface area contributed by atoms with E-state index in [1.165, 1.54) is 12.3 Å². The Balaban J connectivity index is 1.32. The van der Waals surface area contributed by atoms with E-state index in [4.69, 9.17) is 4.74 Å². The van der Waals surface area contributed by atoms with Gasteiger partial charge in [-0.15, -0.1) is 0 Å². The highest BCUT2D eigenvalue weighted by atomic mass is 32.2. The minimum atomic E-state index is -3.35. The fraction of sp³-hybridized carbons (Fsp3) is 0.250. The van der Waals surface area contributed by atoms with Crippen molar-refractivity contribution in [3.63, 3.8) is 0 Å². The molecule has 2 aromatic heterocycles. The van der Waals surface area contributed by atoms with E-state index in [0.717, 1.165) is 16.5 Å². The maximum Gasteiger partial charge on any atom is 0.214 e. The van der Waals surface area contributed by atoms with Crippen LogP contribution >= 0.6 is 0 Å². The number of hydrogen-bond acceptors (Lipinski definition) is 5. The van der Waals surface area contributed by atoms with Crippen LogP contribution in [-0.4, -0.2) is 41.1 Å². The number of sulfonamides is 1. The molecule has 1 saturated carbocycles. The monoisotopic (exact) mass is 466 g/mol. The van der Waals surface area contributed by atoms with Gasteiger partial charge < -0.3 is 4.74 Å². The number of ether oxygens (including phenoxy) is 1. The normalized spacial score (nSPS) is 14.9. The van der Waals surface area contributed by atoms with Crippen LogP contribution in [0.5, 0.6) is 5.75 Å². The molecule has 7 nitrogen and oxygen atoms in total. The maximum absolute atomic E-state index is 13.1. The minimum absolute atomic E-state index is 0.197. The van der Waals surface area contributed by atoms with Crippen LogP contribution in [0.15, 0.2) is 73.1 Å². The fourth-order valence-corrected chi connectivity index (χ4v) is 5.30. The summed E-state index contributed by atoms with van der Waals surface area (Å²) in [6, 6.07) is 17.8. The first-order valence-electron chi connectivity index (χ1n) is 10.8. The van der Waals surface area contributed by atoms with Gasteiger partial charge in [-0.05, 0) is 55.2 Å². The van der Waals surface area contributed by atoms with Crippen molar-refractivity contribution >= 4 is 20.9 Å². The van der Waals surface area contributed by atoms with Gasteiger partial charge in [0.25, 0.3) is 0 Å². The van der Waals surface area contributed by atoms with Crippen LogP contribution in [0.1, 0.15) is 18.4 Å². The summed E-state index contributed by atoms with van der Waals surface area (Å²) >= 11 is 0. The SMILES string of the molecule is O=S(=O)(NC(COc1ccc2c(cnn2-c2ccc(F)nc2)c1)Cc1ccccc1)C1CC1. The number of fused-ring (bicyclic) bond motifs is 1. The molecule has 1 unspecified atom stereocenters. The largest absolute Gasteiger partial charge is 0.492 e. The molecule has 2 aromatic carbocycles. The average molecular weight is 467 g/mol. The van der Waals surface area contributed by atoms with Crippen molar-refractivity contribution in [1.29, 1.82) is 0 Å². The van der Waals surface area contributed by atoms with Crippen LogP contribution in [0.3, 0.4) is 0 Å². The van der Waals surface area contributed by atoms with Gasteiger partial charge >= 0.3 is 0 Å². The molecule has 0 aliphatic heterocycles. The summed E-state index contributed by atoms with van der Waals surface area (Å²) < 4.78 is 48.7. The van der Waals surface area contributed by atoms with Gasteiger partial charge in [0.15, 0.2) is 0 Å². The lowest BCUT2D eigenvalue weighted by atomic mass is 10.1. The van der Waals surface area contributed by atoms with Crippen molar-refractivity contribution in [2.75, 3.05) is 6.61 Å². The minimum Gasteiger partial charge on any atom is -0.492 e. The van der Waals surface area contributed by atoms with Crippen molar-refractivity contribution in [2.24, 2.45) is 0 Å². The quantitative estimate of drug-likeness (QED) is 0.381. The predicted molar refractivity (Wildman–Crippen MR) is 123 cm³/mol. The topological polar surface area (TPSA) is 86.1 Å². The first-order chi connectivity index (χ1) is 16.0. The third kappa shape index (κ3) is 5.04. The van der Waals surface area contributed by atoms with Crippen LogP contribution in [0.25, 0.3) is 16.6 Å². The Morgan fingerprint density at radius 1 is 1.09 bits per heavy atom. The molecule has 0 bridgehead atoms. The molecular formula is C24H23FN4O3S. The second kappa shape index (κ2) is 8.92. The summed E-state index contributed by atoms with van der Waals surface area (Å²) in [5.74, 6) is 0.0660. The molecule has 0 saturated heterocycles. The van der Waals surface area contributed by atoms with Gasteiger partial charge in [-0.1, -0.05) is 30.3 Å². The zero-order valence-corrected chi connectivity index (χ0v) is 18.6. The average Bonchev–Trinajstić information content (AvgIpc) is 3.60. The molecule has 2 heterocycles. The second-order valence-corrected chi connectivity index (χ2v) is 10.2. The Kier molecular flexibility index (Phi) is 5.82. The number of nitrogens with zero attached hydrogens (tertiary/aromatic N) is 3. The summed E-state index contributed by atoms with van der Waals surface area (Å²) in [6.45, 7) is 0.197. The predicted octanol–water partition coefficient (Wildman–Crippen LogP) is 3.63. The molecule has 9 heteroatoms. The number of aromatic nitrogens is 3. The van der Waals surface area contributed by atoms with E-state index in [2.05, 4.69) is 14.8 Å². The summed E-state index contributed by atoms with van der Waals surface area (Å²) in [6.07, 6.45) is 5.07. The lowest BCUT2D eigenvalue weighted by Gasteiger charge is -2.19. The first-order valence-corrected chi connectivity index (χ1v) is 12.3. The molecule has 1 fully saturated rings. The molecule has 0 amide bonds. The molecule has 0 spiro atoms. The Labute approximate surface area is 191 Å². The smallest absolute Gasteiger partial charge is 0.214 e. The number of halogens is 1. The van der Waals surface area contributed by atoms with Gasteiger partial charge in [0.05, 0.1) is 34.9 Å². The number of nitrogens with one attached hydrogen (secondary N) is 1. The Morgan fingerprint density at radius 2 is 1.91 bits per heavy atom. The summed E-state index contributed by atoms with van der Waals surface area (Å²) in [5.41, 5.74) is 2.51. The zero-order chi connectivity index (χ0) is 22.8. The first kappa shape index (κ1) is 21.5. The molecule has 1 N–H and O–H groups in total. The molecule has 0 radical (unpaired) electrons. The number of hydrogen-bond donors (Lipinski definition) is 1. The summed E-state index contributed by atoms with van der Waals surface area (Å²) in [4.78, 5) is 3.68. The summed E-state index contributed by atoms with van der Waals surface area (Å²) in [7, 11) is -3.35. The Morgan fingerprint density at radius 3 is 2.64 bits per heavy atom. The van der Waals surface area contributed by atoms with E-state index < -0.39 is 16.0 Å². The maximum atomic E-state index is 13.1. The van der Waals surface area contributed by atoms with Gasteiger partial charge in [0.2, 0.25) is 16.0 Å². The lowest BCUT2D eigenvalue weighted by Crippen LogP contribution is -2.42. The Hall–Kier alpha value is -3.30. The zero-order valence-electron chi connectivity index (χ0n) is 17.8. The van der Waals surface area contributed by atoms with Crippen molar-refractivity contribution in [2.45, 2.75) is 30.6 Å². The van der Waals surface area contributed by atoms with Crippen LogP contribution in [-0.2, 0) is 16.4 Å². The van der Waals surface area contributed by atoms with Crippen molar-refractivity contribution in [1.82, 2.24) is 19.5 Å². The van der Waals surface area contributed by atoms with Gasteiger partial charge in [-0.3, -0.25) is 0 Å². The highest BCUT2D eigenvalue weighted by molar-refractivity contribution is 7.90. The number of pyridine rings is 1. The molecule has 1 aliphatic carbocycles. The molecule has 4 aromatic rings. The van der Waals surface area contributed by atoms with E-state index in [1.807, 2.05) is 48.5 Å². The molecule has 170 valence electrons. The second-order valence-electron chi connectivity index (χ2n) is 8.18. The third-order valence-corrected chi connectivity index (χ3v) is 7.58. The third-order valence-electron chi connectivity index (χ3n) is 5.57. The molecule has 1 atom stereocenters. The van der Waals surface area contributed by atoms with Crippen LogP contribution < -0.4 is 9.46 Å². The van der Waals surface area contributed by atoms with Crippen LogP contribution in [0.2, 0.25) is 0 Å². The highest BCUT2D eigenvalue weighted by Gasteiger charge is 2.37. The van der Waals surface area contributed by atoms with Gasteiger partial charge in [0.1, 0.15) is 12.4 Å². The standard InChI is InChI=1S/C24H23FN4O3S/c25-24-11-6-20(15-26-24)29-23-10-7-21(13-18(23)14-27-29)32-16-19(12-17-4-2-1-3-5-17)28-33(30,31)22-8-9-22/h1-7,10-11,13-15,19,22,28H,8-9,12,16H2. The van der Waals surface area contributed by atoms with Crippen molar-refractivity contribution in [3.8, 4) is 11.4 Å². The van der Waals surface area contributed by atoms with Crippen molar-refractivity contribution < 1.29 is 17.5 Å². The number of rotatable bonds is 9. The van der Waals surface area contributed by atoms with Crippen LogP contribution in [0, 0.1) is 5.95 Å². The molecule has 5 rings (SSSR count). The highest BCUT2D eigenvalue weighted by Crippen LogP contribution is 2.28. The molecule has 1 aliphatic rings. The Bertz CT molecular complexity index is 1350. The van der Waals surface area contributed by atoms with E-state index in [1.54, 1.807) is 16.9 Å². The van der Waals surface area contributed by atoms with E-state index in [-0.39, 0.29) is 17.9 Å². The fourth-order valence-electron chi connectivity index (χ4n) is 3.74. The lowest BCUT2D eigenvalue weighted by molar-refractivity contribution is 0.278. The molecular weight excluding hydrogens is 443 g/mol. The summed E-state index contributed by atoms with van der Waals surface area (Å²) in [5, 5.41) is 4.92.